The fourth-order valence-electron chi connectivity index (χ4n) is 3.12. The molecule has 2 aromatic carbocycles. The highest BCUT2D eigenvalue weighted by Gasteiger charge is 2.18. The molecular formula is C18H18Cl3N5. The molecule has 0 atom stereocenters. The van der Waals surface area contributed by atoms with Gasteiger partial charge in [-0.1, -0.05) is 35.3 Å². The maximum Gasteiger partial charge on any atom is 0.222 e. The predicted octanol–water partition coefficient (Wildman–Crippen LogP) is 4.02. The highest BCUT2D eigenvalue weighted by Crippen LogP contribution is 2.35. The fraction of sp³-hybridized carbons (Fsp3) is 0.222. The quantitative estimate of drug-likeness (QED) is 0.668. The summed E-state index contributed by atoms with van der Waals surface area (Å²) in [5, 5.41) is 5.62. The van der Waals surface area contributed by atoms with Crippen molar-refractivity contribution >= 4 is 58.3 Å². The summed E-state index contributed by atoms with van der Waals surface area (Å²) < 4.78 is 0. The van der Waals surface area contributed by atoms with Crippen molar-refractivity contribution in [2.45, 2.75) is 0 Å². The van der Waals surface area contributed by atoms with Crippen molar-refractivity contribution in [3.8, 4) is 11.1 Å². The average molecular weight is 411 g/mol. The zero-order valence-corrected chi connectivity index (χ0v) is 16.2. The molecule has 26 heavy (non-hydrogen) atoms. The first kappa shape index (κ1) is 19.0. The van der Waals surface area contributed by atoms with Crippen LogP contribution >= 0.6 is 35.6 Å². The van der Waals surface area contributed by atoms with Crippen LogP contribution in [-0.2, 0) is 0 Å². The molecule has 3 aromatic rings. The van der Waals surface area contributed by atoms with Gasteiger partial charge in [0.1, 0.15) is 5.82 Å². The van der Waals surface area contributed by atoms with Gasteiger partial charge in [0.15, 0.2) is 0 Å². The number of anilines is 2. The average Bonchev–Trinajstić information content (AvgIpc) is 2.62. The number of halogens is 3. The van der Waals surface area contributed by atoms with Crippen LogP contribution in [0.3, 0.4) is 0 Å². The molecule has 0 amide bonds. The maximum atomic E-state index is 6.51. The van der Waals surface area contributed by atoms with Gasteiger partial charge < -0.3 is 16.0 Å². The molecular weight excluding hydrogens is 393 g/mol. The molecule has 0 saturated carbocycles. The zero-order chi connectivity index (χ0) is 17.4. The van der Waals surface area contributed by atoms with E-state index in [2.05, 4.69) is 20.2 Å². The van der Waals surface area contributed by atoms with E-state index < -0.39 is 0 Å². The number of hydrogen-bond donors (Lipinski definition) is 2. The van der Waals surface area contributed by atoms with Gasteiger partial charge in [-0.25, -0.2) is 4.98 Å². The highest BCUT2D eigenvalue weighted by atomic mass is 35.5. The van der Waals surface area contributed by atoms with Crippen molar-refractivity contribution in [3.63, 3.8) is 0 Å². The smallest absolute Gasteiger partial charge is 0.222 e. The largest absolute Gasteiger partial charge is 0.368 e. The minimum atomic E-state index is 0. The van der Waals surface area contributed by atoms with E-state index in [1.165, 1.54) is 0 Å². The Hall–Kier alpha value is -1.79. The van der Waals surface area contributed by atoms with Crippen LogP contribution in [0.1, 0.15) is 0 Å². The van der Waals surface area contributed by atoms with Gasteiger partial charge in [0.05, 0.1) is 10.5 Å². The minimum absolute atomic E-state index is 0. The summed E-state index contributed by atoms with van der Waals surface area (Å²) in [7, 11) is 0. The van der Waals surface area contributed by atoms with Crippen LogP contribution in [0.25, 0.3) is 22.0 Å². The van der Waals surface area contributed by atoms with Gasteiger partial charge in [-0.2, -0.15) is 4.98 Å². The van der Waals surface area contributed by atoms with E-state index in [0.717, 1.165) is 54.0 Å². The van der Waals surface area contributed by atoms with Gasteiger partial charge in [0, 0.05) is 42.2 Å². The van der Waals surface area contributed by atoms with E-state index in [0.29, 0.717) is 10.0 Å². The van der Waals surface area contributed by atoms with Crippen molar-refractivity contribution in [1.29, 1.82) is 0 Å². The molecule has 1 aliphatic heterocycles. The van der Waals surface area contributed by atoms with Crippen LogP contribution in [0.2, 0.25) is 10.0 Å². The molecule has 136 valence electrons. The molecule has 0 aliphatic carbocycles. The number of nitrogens with one attached hydrogen (secondary N) is 1. The molecule has 1 aliphatic rings. The molecule has 5 nitrogen and oxygen atoms in total. The second kappa shape index (κ2) is 7.84. The lowest BCUT2D eigenvalue weighted by Crippen LogP contribution is -2.44. The number of hydrogen-bond acceptors (Lipinski definition) is 5. The summed E-state index contributed by atoms with van der Waals surface area (Å²) in [6.45, 7) is 3.60. The third-order valence-corrected chi connectivity index (χ3v) is 4.92. The normalized spacial score (nSPS) is 14.3. The van der Waals surface area contributed by atoms with Crippen LogP contribution < -0.4 is 16.0 Å². The van der Waals surface area contributed by atoms with E-state index in [4.69, 9.17) is 28.9 Å². The fourth-order valence-corrected chi connectivity index (χ4v) is 3.51. The molecule has 0 unspecified atom stereocenters. The maximum absolute atomic E-state index is 6.51. The Balaban J connectivity index is 0.00000196. The standard InChI is InChI=1S/C18H17Cl2N5.ClH/c19-12-3-1-11(2-4-12)13-9-14-16(10-15(13)20)23-18(21)24-17(14)25-7-5-22-6-8-25;/h1-4,9-10,22H,5-8H2,(H2,21,23,24);1H. The third-order valence-electron chi connectivity index (χ3n) is 4.35. The first-order chi connectivity index (χ1) is 12.1. The summed E-state index contributed by atoms with van der Waals surface area (Å²) in [5.41, 5.74) is 8.60. The summed E-state index contributed by atoms with van der Waals surface area (Å²) in [4.78, 5) is 11.1. The number of aromatic nitrogens is 2. The lowest BCUT2D eigenvalue weighted by atomic mass is 10.0. The Kier molecular flexibility index (Phi) is 5.73. The molecule has 1 fully saturated rings. The topological polar surface area (TPSA) is 67.1 Å². The second-order valence-electron chi connectivity index (χ2n) is 6.00. The monoisotopic (exact) mass is 409 g/mol. The molecule has 1 saturated heterocycles. The molecule has 0 spiro atoms. The van der Waals surface area contributed by atoms with Crippen LogP contribution in [0.4, 0.5) is 11.8 Å². The number of nitrogens with zero attached hydrogens (tertiary/aromatic N) is 3. The molecule has 8 heteroatoms. The van der Waals surface area contributed by atoms with Gasteiger partial charge >= 0.3 is 0 Å². The Labute approximate surface area is 167 Å². The molecule has 0 bridgehead atoms. The van der Waals surface area contributed by atoms with Gasteiger partial charge in [0.2, 0.25) is 5.95 Å². The number of nitrogen functional groups attached to an aromatic ring is 1. The van der Waals surface area contributed by atoms with E-state index in [9.17, 15) is 0 Å². The zero-order valence-electron chi connectivity index (χ0n) is 13.9. The van der Waals surface area contributed by atoms with Crippen LogP contribution in [-0.4, -0.2) is 36.1 Å². The molecule has 2 heterocycles. The Morgan fingerprint density at radius 2 is 1.69 bits per heavy atom. The number of rotatable bonds is 2. The van der Waals surface area contributed by atoms with Gasteiger partial charge in [-0.3, -0.25) is 0 Å². The molecule has 3 N–H and O–H groups in total. The van der Waals surface area contributed by atoms with Crippen molar-refractivity contribution in [2.75, 3.05) is 36.8 Å². The lowest BCUT2D eigenvalue weighted by molar-refractivity contribution is 0.586. The Morgan fingerprint density at radius 1 is 1.00 bits per heavy atom. The highest BCUT2D eigenvalue weighted by molar-refractivity contribution is 6.34. The predicted molar refractivity (Wildman–Crippen MR) is 112 cm³/mol. The van der Waals surface area contributed by atoms with E-state index in [-0.39, 0.29) is 18.4 Å². The van der Waals surface area contributed by atoms with Crippen LogP contribution in [0, 0.1) is 0 Å². The summed E-state index contributed by atoms with van der Waals surface area (Å²) >= 11 is 12.5. The van der Waals surface area contributed by atoms with Crippen LogP contribution in [0.15, 0.2) is 36.4 Å². The first-order valence-electron chi connectivity index (χ1n) is 8.10. The van der Waals surface area contributed by atoms with Crippen molar-refractivity contribution < 1.29 is 0 Å². The molecule has 1 aromatic heterocycles. The van der Waals surface area contributed by atoms with Crippen LogP contribution in [0.5, 0.6) is 0 Å². The minimum Gasteiger partial charge on any atom is -0.368 e. The van der Waals surface area contributed by atoms with Gasteiger partial charge in [-0.15, -0.1) is 12.4 Å². The number of nitrogens with two attached hydrogens (primary N) is 1. The van der Waals surface area contributed by atoms with E-state index in [1.807, 2.05) is 36.4 Å². The van der Waals surface area contributed by atoms with E-state index >= 15 is 0 Å². The van der Waals surface area contributed by atoms with Gasteiger partial charge in [0.25, 0.3) is 0 Å². The molecule has 0 radical (unpaired) electrons. The summed E-state index contributed by atoms with van der Waals surface area (Å²) in [6.07, 6.45) is 0. The number of piperazine rings is 1. The summed E-state index contributed by atoms with van der Waals surface area (Å²) in [5.74, 6) is 1.12. The third kappa shape index (κ3) is 3.67. The molecule has 4 rings (SSSR count). The van der Waals surface area contributed by atoms with E-state index in [1.54, 1.807) is 0 Å². The van der Waals surface area contributed by atoms with Crippen molar-refractivity contribution in [2.24, 2.45) is 0 Å². The van der Waals surface area contributed by atoms with Crippen molar-refractivity contribution in [3.05, 3.63) is 46.4 Å². The Morgan fingerprint density at radius 3 is 2.38 bits per heavy atom. The lowest BCUT2D eigenvalue weighted by Gasteiger charge is -2.29. The first-order valence-corrected chi connectivity index (χ1v) is 8.86. The Bertz CT molecular complexity index is 924. The number of fused-ring (bicyclic) bond motifs is 1. The SMILES string of the molecule is Cl.Nc1nc(N2CCNCC2)c2cc(-c3ccc(Cl)cc3)c(Cl)cc2n1. The van der Waals surface area contributed by atoms with Crippen molar-refractivity contribution in [1.82, 2.24) is 15.3 Å². The van der Waals surface area contributed by atoms with Gasteiger partial charge in [-0.05, 0) is 29.8 Å². The second-order valence-corrected chi connectivity index (χ2v) is 6.84. The number of benzene rings is 2. The summed E-state index contributed by atoms with van der Waals surface area (Å²) in [6, 6.07) is 11.5.